The van der Waals surface area contributed by atoms with Gasteiger partial charge in [0.2, 0.25) is 0 Å². The summed E-state index contributed by atoms with van der Waals surface area (Å²) in [5.74, 6) is 1.97. The third-order valence-electron chi connectivity index (χ3n) is 4.80. The van der Waals surface area contributed by atoms with Crippen molar-refractivity contribution < 1.29 is 9.26 Å². The minimum Gasteiger partial charge on any atom is -0.489 e. The molecular weight excluding hydrogens is 376 g/mol. The highest BCUT2D eigenvalue weighted by atomic mass is 35.5. The fraction of sp³-hybridized carbons (Fsp3) is 0.333. The van der Waals surface area contributed by atoms with Gasteiger partial charge in [-0.15, -0.1) is 0 Å². The smallest absolute Gasteiger partial charge is 0.270 e. The minimum atomic E-state index is 0.0513. The molecule has 0 radical (unpaired) electrons. The second kappa shape index (κ2) is 7.45. The average molecular weight is 399 g/mol. The van der Waals surface area contributed by atoms with Gasteiger partial charge in [0.25, 0.3) is 11.8 Å². The third-order valence-corrected chi connectivity index (χ3v) is 5.10. The molecule has 28 heavy (non-hydrogen) atoms. The Labute approximate surface area is 169 Å². The monoisotopic (exact) mass is 398 g/mol. The summed E-state index contributed by atoms with van der Waals surface area (Å²) in [4.78, 5) is 6.67. The van der Waals surface area contributed by atoms with Crippen LogP contribution >= 0.6 is 11.6 Å². The highest BCUT2D eigenvalue weighted by Gasteiger charge is 2.29. The first kappa shape index (κ1) is 18.8. The standard InChI is InChI=1S/C21H23ClN4O2/c1-12(2)27-19-7-5-15(9-17(19)22)20-24-21(25-28-20)26-11-13(3)16-8-14(10-23)4-6-18(16)26/h4-9,12-13H,10-11,23H2,1-3H3. The molecule has 0 saturated heterocycles. The van der Waals surface area contributed by atoms with E-state index in [9.17, 15) is 0 Å². The lowest BCUT2D eigenvalue weighted by atomic mass is 10.0. The average Bonchev–Trinajstić information content (AvgIpc) is 3.28. The van der Waals surface area contributed by atoms with E-state index < -0.39 is 0 Å². The number of halogens is 1. The van der Waals surface area contributed by atoms with Gasteiger partial charge in [-0.2, -0.15) is 4.98 Å². The maximum Gasteiger partial charge on any atom is 0.270 e. The second-order valence-corrected chi connectivity index (χ2v) is 7.73. The molecule has 1 unspecified atom stereocenters. The molecule has 3 aromatic rings. The number of rotatable bonds is 5. The zero-order valence-electron chi connectivity index (χ0n) is 16.1. The topological polar surface area (TPSA) is 77.4 Å². The van der Waals surface area contributed by atoms with Crippen molar-refractivity contribution in [3.05, 3.63) is 52.5 Å². The van der Waals surface area contributed by atoms with Crippen LogP contribution in [0.5, 0.6) is 5.75 Å². The van der Waals surface area contributed by atoms with Crippen molar-refractivity contribution in [3.63, 3.8) is 0 Å². The van der Waals surface area contributed by atoms with Crippen LogP contribution in [0.2, 0.25) is 5.02 Å². The molecule has 2 heterocycles. The van der Waals surface area contributed by atoms with E-state index in [-0.39, 0.29) is 6.10 Å². The number of nitrogens with zero attached hydrogens (tertiary/aromatic N) is 3. The van der Waals surface area contributed by atoms with Crippen LogP contribution < -0.4 is 15.4 Å². The Morgan fingerprint density at radius 1 is 1.29 bits per heavy atom. The molecule has 1 atom stereocenters. The molecule has 0 saturated carbocycles. The number of benzene rings is 2. The quantitative estimate of drug-likeness (QED) is 0.659. The van der Waals surface area contributed by atoms with Crippen LogP contribution in [0.1, 0.15) is 37.8 Å². The maximum atomic E-state index is 6.34. The summed E-state index contributed by atoms with van der Waals surface area (Å²) >= 11 is 6.34. The Kier molecular flexibility index (Phi) is 5.00. The molecule has 0 bridgehead atoms. The van der Waals surface area contributed by atoms with E-state index in [1.165, 1.54) is 5.56 Å². The highest BCUT2D eigenvalue weighted by molar-refractivity contribution is 6.32. The summed E-state index contributed by atoms with van der Waals surface area (Å²) in [5.41, 5.74) is 10.0. The number of ether oxygens (including phenoxy) is 1. The first-order valence-corrected chi connectivity index (χ1v) is 9.74. The van der Waals surface area contributed by atoms with Gasteiger partial charge in [0, 0.05) is 30.3 Å². The molecule has 4 rings (SSSR count). The molecule has 2 aromatic carbocycles. The number of aromatic nitrogens is 2. The number of fused-ring (bicyclic) bond motifs is 1. The van der Waals surface area contributed by atoms with Gasteiger partial charge >= 0.3 is 0 Å². The van der Waals surface area contributed by atoms with E-state index in [0.717, 1.165) is 23.4 Å². The van der Waals surface area contributed by atoms with Gasteiger partial charge in [-0.25, -0.2) is 0 Å². The largest absolute Gasteiger partial charge is 0.489 e. The lowest BCUT2D eigenvalue weighted by Gasteiger charge is -2.14. The van der Waals surface area contributed by atoms with Crippen molar-refractivity contribution >= 4 is 23.2 Å². The predicted molar refractivity (Wildman–Crippen MR) is 110 cm³/mol. The molecule has 0 spiro atoms. The molecule has 1 aromatic heterocycles. The number of hydrogen-bond acceptors (Lipinski definition) is 6. The summed E-state index contributed by atoms with van der Waals surface area (Å²) in [5, 5.41) is 4.71. The zero-order valence-corrected chi connectivity index (χ0v) is 16.9. The van der Waals surface area contributed by atoms with E-state index >= 15 is 0 Å². The van der Waals surface area contributed by atoms with Crippen LogP contribution in [0, 0.1) is 0 Å². The van der Waals surface area contributed by atoms with Gasteiger partial charge in [0.1, 0.15) is 5.75 Å². The lowest BCUT2D eigenvalue weighted by Crippen LogP contribution is -2.16. The normalized spacial score (nSPS) is 15.9. The molecular formula is C21H23ClN4O2. The summed E-state index contributed by atoms with van der Waals surface area (Å²) in [6.07, 6.45) is 0.0513. The van der Waals surface area contributed by atoms with Gasteiger partial charge in [-0.3, -0.25) is 0 Å². The fourth-order valence-electron chi connectivity index (χ4n) is 3.46. The molecule has 1 aliphatic rings. The first-order chi connectivity index (χ1) is 13.5. The summed E-state index contributed by atoms with van der Waals surface area (Å²) in [6.45, 7) is 7.43. The molecule has 7 heteroatoms. The van der Waals surface area contributed by atoms with Crippen LogP contribution in [-0.4, -0.2) is 22.8 Å². The van der Waals surface area contributed by atoms with Gasteiger partial charge in [-0.1, -0.05) is 30.7 Å². The van der Waals surface area contributed by atoms with Gasteiger partial charge < -0.3 is 19.9 Å². The van der Waals surface area contributed by atoms with Crippen molar-refractivity contribution in [2.45, 2.75) is 39.3 Å². The molecule has 0 fully saturated rings. The number of nitrogens with two attached hydrogens (primary N) is 1. The summed E-state index contributed by atoms with van der Waals surface area (Å²) in [6, 6.07) is 11.8. The first-order valence-electron chi connectivity index (χ1n) is 9.37. The molecule has 0 amide bonds. The van der Waals surface area contributed by atoms with E-state index in [1.807, 2.05) is 32.0 Å². The summed E-state index contributed by atoms with van der Waals surface area (Å²) < 4.78 is 11.2. The molecule has 146 valence electrons. The van der Waals surface area contributed by atoms with Crippen LogP contribution in [0.15, 0.2) is 40.9 Å². The maximum absolute atomic E-state index is 6.34. The van der Waals surface area contributed by atoms with E-state index in [4.69, 9.17) is 26.6 Å². The Balaban J connectivity index is 1.62. The molecule has 0 aliphatic carbocycles. The van der Waals surface area contributed by atoms with Crippen LogP contribution in [0.4, 0.5) is 11.6 Å². The van der Waals surface area contributed by atoms with Crippen molar-refractivity contribution in [2.75, 3.05) is 11.4 Å². The van der Waals surface area contributed by atoms with Crippen LogP contribution in [0.3, 0.4) is 0 Å². The van der Waals surface area contributed by atoms with Gasteiger partial charge in [0.05, 0.1) is 11.1 Å². The summed E-state index contributed by atoms with van der Waals surface area (Å²) in [7, 11) is 0. The molecule has 6 nitrogen and oxygen atoms in total. The Morgan fingerprint density at radius 2 is 2.11 bits per heavy atom. The Bertz CT molecular complexity index is 1000. The molecule has 1 aliphatic heterocycles. The second-order valence-electron chi connectivity index (χ2n) is 7.32. The van der Waals surface area contributed by atoms with Crippen molar-refractivity contribution in [3.8, 4) is 17.2 Å². The molecule has 2 N–H and O–H groups in total. The van der Waals surface area contributed by atoms with Gasteiger partial charge in [-0.05, 0) is 54.4 Å². The lowest BCUT2D eigenvalue weighted by molar-refractivity contribution is 0.242. The Morgan fingerprint density at radius 3 is 2.82 bits per heavy atom. The number of anilines is 2. The van der Waals surface area contributed by atoms with Gasteiger partial charge in [0.15, 0.2) is 0 Å². The third kappa shape index (κ3) is 3.45. The van der Waals surface area contributed by atoms with Crippen molar-refractivity contribution in [1.29, 1.82) is 0 Å². The van der Waals surface area contributed by atoms with E-state index in [2.05, 4.69) is 34.1 Å². The van der Waals surface area contributed by atoms with Crippen LogP contribution in [0.25, 0.3) is 11.5 Å². The van der Waals surface area contributed by atoms with Crippen molar-refractivity contribution in [1.82, 2.24) is 10.1 Å². The SMILES string of the molecule is CC(C)Oc1ccc(-c2nc(N3CC(C)c4cc(CN)ccc43)no2)cc1Cl. The fourth-order valence-corrected chi connectivity index (χ4v) is 3.68. The van der Waals surface area contributed by atoms with E-state index in [1.54, 1.807) is 6.07 Å². The van der Waals surface area contributed by atoms with Crippen molar-refractivity contribution in [2.24, 2.45) is 5.73 Å². The highest BCUT2D eigenvalue weighted by Crippen LogP contribution is 2.40. The predicted octanol–water partition coefficient (Wildman–Crippen LogP) is 4.89. The Hall–Kier alpha value is -2.57. The van der Waals surface area contributed by atoms with E-state index in [0.29, 0.717) is 35.1 Å². The zero-order chi connectivity index (χ0) is 19.8. The van der Waals surface area contributed by atoms with Crippen LogP contribution in [-0.2, 0) is 6.54 Å². The number of hydrogen-bond donors (Lipinski definition) is 1. The minimum absolute atomic E-state index is 0.0513.